The number of rotatable bonds is 3. The lowest BCUT2D eigenvalue weighted by atomic mass is 9.75. The number of carbonyl (C=O) groups excluding carboxylic acids is 2. The molecule has 0 bridgehead atoms. The van der Waals surface area contributed by atoms with Gasteiger partial charge in [-0.2, -0.15) is 0 Å². The number of ketones is 1. The second-order valence-corrected chi connectivity index (χ2v) is 7.52. The van der Waals surface area contributed by atoms with Crippen molar-refractivity contribution >= 4 is 24.1 Å². The summed E-state index contributed by atoms with van der Waals surface area (Å²) in [6, 6.07) is 1.41. The summed E-state index contributed by atoms with van der Waals surface area (Å²) in [6.07, 6.45) is 1.02. The molecule has 0 aromatic carbocycles. The number of nitrogens with two attached hydrogens (primary N) is 1. The van der Waals surface area contributed by atoms with Crippen molar-refractivity contribution in [3.05, 3.63) is 33.2 Å². The molecular weight excluding hydrogens is 318 g/mol. The number of hydrogen-bond acceptors (Lipinski definition) is 4. The number of aromatic nitrogens is 1. The van der Waals surface area contributed by atoms with Gasteiger partial charge in [-0.25, -0.2) is 0 Å². The van der Waals surface area contributed by atoms with Gasteiger partial charge in [0.1, 0.15) is 5.56 Å². The van der Waals surface area contributed by atoms with Gasteiger partial charge in [-0.05, 0) is 31.7 Å². The van der Waals surface area contributed by atoms with Crippen LogP contribution in [-0.4, -0.2) is 28.8 Å². The van der Waals surface area contributed by atoms with E-state index < -0.39 is 17.0 Å². The van der Waals surface area contributed by atoms with Gasteiger partial charge in [-0.15, -0.1) is 12.4 Å². The summed E-state index contributed by atoms with van der Waals surface area (Å²) in [5.41, 5.74) is 5.59. The number of pyridine rings is 1. The Labute approximate surface area is 141 Å². The molecule has 2 rings (SSSR count). The van der Waals surface area contributed by atoms with E-state index in [4.69, 9.17) is 5.73 Å². The molecule has 0 atom stereocenters. The highest BCUT2D eigenvalue weighted by molar-refractivity contribution is 6.02. The molecule has 0 unspecified atom stereocenters. The fraction of sp³-hybridized carbons (Fsp3) is 0.562. The number of Topliss-reactive ketones (excluding diaryl/α,β-unsaturated/α-hetero) is 1. The number of H-pyrrole nitrogens is 1. The van der Waals surface area contributed by atoms with Crippen molar-refractivity contribution in [2.45, 2.75) is 46.1 Å². The zero-order valence-electron chi connectivity index (χ0n) is 13.9. The van der Waals surface area contributed by atoms with Crippen molar-refractivity contribution in [2.24, 2.45) is 11.1 Å². The summed E-state index contributed by atoms with van der Waals surface area (Å²) in [7, 11) is 0. The molecule has 1 amide bonds. The predicted octanol–water partition coefficient (Wildman–Crippen LogP) is 1.42. The average molecular weight is 342 g/mol. The van der Waals surface area contributed by atoms with E-state index in [1.807, 2.05) is 13.8 Å². The van der Waals surface area contributed by atoms with E-state index in [1.54, 1.807) is 13.8 Å². The number of hydrogen-bond donors (Lipinski definition) is 3. The Morgan fingerprint density at radius 2 is 1.96 bits per heavy atom. The van der Waals surface area contributed by atoms with E-state index >= 15 is 0 Å². The normalized spacial score (nSPS) is 16.3. The van der Waals surface area contributed by atoms with Crippen LogP contribution in [0.3, 0.4) is 0 Å². The number of fused-ring (bicyclic) bond motifs is 1. The minimum Gasteiger partial charge on any atom is -0.350 e. The first kappa shape index (κ1) is 19.4. The van der Waals surface area contributed by atoms with E-state index in [0.717, 1.165) is 0 Å². The lowest BCUT2D eigenvalue weighted by molar-refractivity contribution is 0.0910. The van der Waals surface area contributed by atoms with E-state index in [2.05, 4.69) is 10.3 Å². The van der Waals surface area contributed by atoms with Crippen LogP contribution in [0.4, 0.5) is 0 Å². The zero-order valence-corrected chi connectivity index (χ0v) is 14.7. The molecule has 1 aromatic heterocycles. The van der Waals surface area contributed by atoms with Crippen molar-refractivity contribution in [1.82, 2.24) is 10.3 Å². The van der Waals surface area contributed by atoms with Gasteiger partial charge in [-0.1, -0.05) is 13.8 Å². The molecule has 1 aromatic rings. The molecule has 7 heteroatoms. The van der Waals surface area contributed by atoms with E-state index in [1.165, 1.54) is 6.07 Å². The van der Waals surface area contributed by atoms with E-state index in [-0.39, 0.29) is 35.7 Å². The fourth-order valence-corrected chi connectivity index (χ4v) is 2.60. The highest BCUT2D eigenvalue weighted by Crippen LogP contribution is 2.33. The molecule has 128 valence electrons. The zero-order chi connectivity index (χ0) is 16.7. The smallest absolute Gasteiger partial charge is 0.261 e. The van der Waals surface area contributed by atoms with Crippen molar-refractivity contribution in [2.75, 3.05) is 6.54 Å². The van der Waals surface area contributed by atoms with Crippen LogP contribution in [0.5, 0.6) is 0 Å². The summed E-state index contributed by atoms with van der Waals surface area (Å²) in [4.78, 5) is 39.2. The van der Waals surface area contributed by atoms with Crippen molar-refractivity contribution in [1.29, 1.82) is 0 Å². The summed E-state index contributed by atoms with van der Waals surface area (Å²) in [6.45, 7) is 7.75. The van der Waals surface area contributed by atoms with Crippen LogP contribution >= 0.6 is 12.4 Å². The topological polar surface area (TPSA) is 105 Å². The van der Waals surface area contributed by atoms with Gasteiger partial charge in [0, 0.05) is 29.8 Å². The maximum Gasteiger partial charge on any atom is 0.261 e. The van der Waals surface area contributed by atoms with Gasteiger partial charge in [0.2, 0.25) is 0 Å². The Hall–Kier alpha value is -1.66. The van der Waals surface area contributed by atoms with Crippen LogP contribution in [0.2, 0.25) is 0 Å². The Morgan fingerprint density at radius 1 is 1.35 bits per heavy atom. The van der Waals surface area contributed by atoms with Crippen LogP contribution in [0.15, 0.2) is 10.9 Å². The second-order valence-electron chi connectivity index (χ2n) is 7.52. The average Bonchev–Trinajstić information content (AvgIpc) is 2.32. The Morgan fingerprint density at radius 3 is 2.52 bits per heavy atom. The lowest BCUT2D eigenvalue weighted by Crippen LogP contribution is -2.46. The van der Waals surface area contributed by atoms with Crippen LogP contribution in [0.25, 0.3) is 0 Å². The Balaban J connectivity index is 0.00000264. The molecule has 0 fully saturated rings. The van der Waals surface area contributed by atoms with Crippen molar-refractivity contribution in [3.63, 3.8) is 0 Å². The molecule has 1 aliphatic rings. The van der Waals surface area contributed by atoms with Gasteiger partial charge in [0.25, 0.3) is 11.5 Å². The second kappa shape index (κ2) is 6.45. The summed E-state index contributed by atoms with van der Waals surface area (Å²) in [5, 5.41) is 2.62. The van der Waals surface area contributed by atoms with Gasteiger partial charge >= 0.3 is 0 Å². The maximum absolute atomic E-state index is 12.2. The van der Waals surface area contributed by atoms with Crippen LogP contribution in [-0.2, 0) is 6.42 Å². The first-order valence-electron chi connectivity index (χ1n) is 7.35. The van der Waals surface area contributed by atoms with Crippen LogP contribution in [0, 0.1) is 5.41 Å². The number of aromatic amines is 1. The molecule has 4 N–H and O–H groups in total. The predicted molar refractivity (Wildman–Crippen MR) is 91.3 cm³/mol. The molecule has 0 spiro atoms. The first-order chi connectivity index (χ1) is 9.98. The number of halogens is 1. The van der Waals surface area contributed by atoms with E-state index in [9.17, 15) is 14.4 Å². The minimum absolute atomic E-state index is 0. The standard InChI is InChI=1S/C16H23N3O3.ClH/c1-15(2)6-11-9(12(20)7-15)5-10(14(22)19-11)13(21)18-8-16(3,4)17;/h5H,6-8,17H2,1-4H3,(H,18,21)(H,19,22);1H. The number of nitrogens with one attached hydrogen (secondary N) is 2. The van der Waals surface area contributed by atoms with Crippen LogP contribution < -0.4 is 16.6 Å². The highest BCUT2D eigenvalue weighted by atomic mass is 35.5. The van der Waals surface area contributed by atoms with Crippen molar-refractivity contribution in [3.8, 4) is 0 Å². The SMILES string of the molecule is CC(C)(N)CNC(=O)c1cc2c([nH]c1=O)CC(C)(C)CC2=O.Cl. The van der Waals surface area contributed by atoms with Gasteiger partial charge in [-0.3, -0.25) is 14.4 Å². The quantitative estimate of drug-likeness (QED) is 0.773. The number of amides is 1. The molecule has 0 radical (unpaired) electrons. The van der Waals surface area contributed by atoms with Gasteiger partial charge in [0.05, 0.1) is 0 Å². The first-order valence-corrected chi connectivity index (χ1v) is 7.35. The number of carbonyl (C=O) groups is 2. The fourth-order valence-electron chi connectivity index (χ4n) is 2.60. The maximum atomic E-state index is 12.2. The molecule has 0 saturated heterocycles. The third-order valence-corrected chi connectivity index (χ3v) is 3.67. The van der Waals surface area contributed by atoms with Gasteiger partial charge in [0.15, 0.2) is 5.78 Å². The van der Waals surface area contributed by atoms with Gasteiger partial charge < -0.3 is 16.0 Å². The molecule has 1 heterocycles. The monoisotopic (exact) mass is 341 g/mol. The highest BCUT2D eigenvalue weighted by Gasteiger charge is 2.32. The van der Waals surface area contributed by atoms with Crippen LogP contribution in [0.1, 0.15) is 60.5 Å². The minimum atomic E-state index is -0.573. The largest absolute Gasteiger partial charge is 0.350 e. The summed E-state index contributed by atoms with van der Waals surface area (Å²) >= 11 is 0. The molecule has 0 aliphatic heterocycles. The third-order valence-electron chi connectivity index (χ3n) is 3.67. The Bertz CT molecular complexity index is 687. The summed E-state index contributed by atoms with van der Waals surface area (Å²) < 4.78 is 0. The third kappa shape index (κ3) is 4.65. The molecular formula is C16H24ClN3O3. The molecule has 23 heavy (non-hydrogen) atoms. The molecule has 1 aliphatic carbocycles. The van der Waals surface area contributed by atoms with E-state index in [0.29, 0.717) is 24.1 Å². The van der Waals surface area contributed by atoms with Crippen molar-refractivity contribution < 1.29 is 9.59 Å². The molecule has 6 nitrogen and oxygen atoms in total. The summed E-state index contributed by atoms with van der Waals surface area (Å²) in [5.74, 6) is -0.559. The molecule has 0 saturated carbocycles. The Kier molecular flexibility index (Phi) is 5.44. The lowest BCUT2D eigenvalue weighted by Gasteiger charge is -2.29.